The van der Waals surface area contributed by atoms with E-state index in [-0.39, 0.29) is 19.2 Å². The molecule has 1 saturated heterocycles. The van der Waals surface area contributed by atoms with E-state index in [0.717, 1.165) is 18.4 Å². The van der Waals surface area contributed by atoms with Gasteiger partial charge >= 0.3 is 12.1 Å². The standard InChI is InChI=1S/C15H20N2O4/c18-14(19)10-17-8-6-13(7-9-17)16-15(20)21-11-12-4-2-1-3-5-12/h1-5,13H,6-11H2,(H,16,20)(H,18,19). The minimum Gasteiger partial charge on any atom is -0.480 e. The third-order valence-electron chi connectivity index (χ3n) is 3.48. The van der Waals surface area contributed by atoms with Crippen molar-refractivity contribution in [1.82, 2.24) is 10.2 Å². The molecule has 0 radical (unpaired) electrons. The van der Waals surface area contributed by atoms with Crippen LogP contribution < -0.4 is 5.32 Å². The van der Waals surface area contributed by atoms with Crippen molar-refractivity contribution in [3.05, 3.63) is 35.9 Å². The fourth-order valence-electron chi connectivity index (χ4n) is 2.36. The van der Waals surface area contributed by atoms with E-state index in [9.17, 15) is 9.59 Å². The third-order valence-corrected chi connectivity index (χ3v) is 3.48. The predicted octanol–water partition coefficient (Wildman–Crippen LogP) is 1.46. The number of benzene rings is 1. The molecule has 1 heterocycles. The highest BCUT2D eigenvalue weighted by Crippen LogP contribution is 2.10. The van der Waals surface area contributed by atoms with Gasteiger partial charge in [-0.1, -0.05) is 30.3 Å². The maximum Gasteiger partial charge on any atom is 0.407 e. The summed E-state index contributed by atoms with van der Waals surface area (Å²) in [7, 11) is 0. The summed E-state index contributed by atoms with van der Waals surface area (Å²) < 4.78 is 5.16. The molecule has 0 spiro atoms. The quantitative estimate of drug-likeness (QED) is 0.859. The van der Waals surface area contributed by atoms with Gasteiger partial charge in [0.25, 0.3) is 0 Å². The number of carboxylic acid groups (broad SMARTS) is 1. The Labute approximate surface area is 123 Å². The van der Waals surface area contributed by atoms with Crippen molar-refractivity contribution in [2.45, 2.75) is 25.5 Å². The topological polar surface area (TPSA) is 78.9 Å². The Kier molecular flexibility index (Phi) is 5.57. The van der Waals surface area contributed by atoms with Gasteiger partial charge in [-0.2, -0.15) is 0 Å². The highest BCUT2D eigenvalue weighted by Gasteiger charge is 2.22. The zero-order valence-electron chi connectivity index (χ0n) is 11.8. The number of nitrogens with one attached hydrogen (secondary N) is 1. The first kappa shape index (κ1) is 15.3. The molecule has 1 amide bonds. The summed E-state index contributed by atoms with van der Waals surface area (Å²) >= 11 is 0. The van der Waals surface area contributed by atoms with Gasteiger partial charge in [-0.25, -0.2) is 4.79 Å². The normalized spacial score (nSPS) is 16.4. The summed E-state index contributed by atoms with van der Waals surface area (Å²) in [6.45, 7) is 1.67. The van der Waals surface area contributed by atoms with Crippen molar-refractivity contribution >= 4 is 12.1 Å². The first-order chi connectivity index (χ1) is 10.1. The minimum absolute atomic E-state index is 0.0540. The number of carbonyl (C=O) groups is 2. The molecule has 0 unspecified atom stereocenters. The number of likely N-dealkylation sites (tertiary alicyclic amines) is 1. The third kappa shape index (κ3) is 5.43. The van der Waals surface area contributed by atoms with Gasteiger partial charge in [0.05, 0.1) is 6.54 Å². The molecule has 1 aromatic carbocycles. The van der Waals surface area contributed by atoms with Crippen LogP contribution in [0, 0.1) is 0 Å². The molecule has 1 aliphatic rings. The molecular formula is C15H20N2O4. The Bertz CT molecular complexity index is 470. The molecule has 1 aromatic rings. The number of amides is 1. The van der Waals surface area contributed by atoms with Crippen LogP contribution in [0.2, 0.25) is 0 Å². The molecule has 0 saturated carbocycles. The van der Waals surface area contributed by atoms with Crippen LogP contribution in [0.4, 0.5) is 4.79 Å². The Balaban J connectivity index is 1.66. The predicted molar refractivity (Wildman–Crippen MR) is 76.9 cm³/mol. The van der Waals surface area contributed by atoms with E-state index in [2.05, 4.69) is 5.32 Å². The van der Waals surface area contributed by atoms with Gasteiger partial charge in [0.15, 0.2) is 0 Å². The van der Waals surface area contributed by atoms with Crippen LogP contribution in [0.15, 0.2) is 30.3 Å². The van der Waals surface area contributed by atoms with E-state index in [1.165, 1.54) is 0 Å². The van der Waals surface area contributed by atoms with E-state index in [1.54, 1.807) is 0 Å². The van der Waals surface area contributed by atoms with Gasteiger partial charge in [-0.05, 0) is 18.4 Å². The zero-order valence-corrected chi connectivity index (χ0v) is 11.8. The molecule has 1 aliphatic heterocycles. The van der Waals surface area contributed by atoms with Gasteiger partial charge in [-0.15, -0.1) is 0 Å². The number of alkyl carbamates (subject to hydrolysis) is 1. The van der Waals surface area contributed by atoms with Gasteiger partial charge < -0.3 is 15.2 Å². The summed E-state index contributed by atoms with van der Waals surface area (Å²) in [6, 6.07) is 9.56. The molecule has 21 heavy (non-hydrogen) atoms. The van der Waals surface area contributed by atoms with Crippen molar-refractivity contribution in [1.29, 1.82) is 0 Å². The molecule has 6 heteroatoms. The first-order valence-corrected chi connectivity index (χ1v) is 7.05. The van der Waals surface area contributed by atoms with Crippen LogP contribution in [0.1, 0.15) is 18.4 Å². The molecule has 0 aliphatic carbocycles. The van der Waals surface area contributed by atoms with Crippen LogP contribution in [0.5, 0.6) is 0 Å². The molecular weight excluding hydrogens is 272 g/mol. The number of carbonyl (C=O) groups excluding carboxylic acids is 1. The second-order valence-electron chi connectivity index (χ2n) is 5.15. The Morgan fingerprint density at radius 3 is 2.52 bits per heavy atom. The number of nitrogens with zero attached hydrogens (tertiary/aromatic N) is 1. The summed E-state index contributed by atoms with van der Waals surface area (Å²) in [5.41, 5.74) is 0.948. The number of carboxylic acids is 1. The summed E-state index contributed by atoms with van der Waals surface area (Å²) in [4.78, 5) is 24.2. The van der Waals surface area contributed by atoms with E-state index < -0.39 is 12.1 Å². The zero-order chi connectivity index (χ0) is 15.1. The largest absolute Gasteiger partial charge is 0.480 e. The van der Waals surface area contributed by atoms with Gasteiger partial charge in [0, 0.05) is 19.1 Å². The fraction of sp³-hybridized carbons (Fsp3) is 0.467. The molecule has 6 nitrogen and oxygen atoms in total. The summed E-state index contributed by atoms with van der Waals surface area (Å²) in [5.74, 6) is -0.816. The molecule has 114 valence electrons. The van der Waals surface area contributed by atoms with Gasteiger partial charge in [-0.3, -0.25) is 9.69 Å². The number of rotatable bonds is 5. The first-order valence-electron chi connectivity index (χ1n) is 7.05. The average Bonchev–Trinajstić information content (AvgIpc) is 2.48. The van der Waals surface area contributed by atoms with Crippen molar-refractivity contribution in [2.75, 3.05) is 19.6 Å². The smallest absolute Gasteiger partial charge is 0.407 e. The number of piperidine rings is 1. The number of hydrogen-bond acceptors (Lipinski definition) is 4. The SMILES string of the molecule is O=C(O)CN1CCC(NC(=O)OCc2ccccc2)CC1. The van der Waals surface area contributed by atoms with Crippen molar-refractivity contribution in [3.63, 3.8) is 0 Å². The van der Waals surface area contributed by atoms with E-state index >= 15 is 0 Å². The molecule has 0 aromatic heterocycles. The molecule has 1 fully saturated rings. The summed E-state index contributed by atoms with van der Waals surface area (Å²) in [5, 5.41) is 11.6. The summed E-state index contributed by atoms with van der Waals surface area (Å²) in [6.07, 6.45) is 1.07. The second kappa shape index (κ2) is 7.64. The maximum atomic E-state index is 11.7. The van der Waals surface area contributed by atoms with Crippen LogP contribution in [-0.4, -0.2) is 47.7 Å². The number of ether oxygens (including phenoxy) is 1. The minimum atomic E-state index is -0.816. The highest BCUT2D eigenvalue weighted by atomic mass is 16.5. The van der Waals surface area contributed by atoms with Crippen LogP contribution in [0.3, 0.4) is 0 Å². The van der Waals surface area contributed by atoms with E-state index in [0.29, 0.717) is 13.1 Å². The fourth-order valence-corrected chi connectivity index (χ4v) is 2.36. The van der Waals surface area contributed by atoms with Crippen molar-refractivity contribution < 1.29 is 19.4 Å². The van der Waals surface area contributed by atoms with Gasteiger partial charge in [0.2, 0.25) is 0 Å². The lowest BCUT2D eigenvalue weighted by Gasteiger charge is -2.30. The number of hydrogen-bond donors (Lipinski definition) is 2. The van der Waals surface area contributed by atoms with E-state index in [4.69, 9.17) is 9.84 Å². The van der Waals surface area contributed by atoms with E-state index in [1.807, 2.05) is 35.2 Å². The molecule has 2 N–H and O–H groups in total. The van der Waals surface area contributed by atoms with Crippen LogP contribution in [0.25, 0.3) is 0 Å². The van der Waals surface area contributed by atoms with Crippen LogP contribution >= 0.6 is 0 Å². The molecule has 2 rings (SSSR count). The lowest BCUT2D eigenvalue weighted by Crippen LogP contribution is -2.46. The van der Waals surface area contributed by atoms with Crippen molar-refractivity contribution in [2.24, 2.45) is 0 Å². The second-order valence-corrected chi connectivity index (χ2v) is 5.15. The van der Waals surface area contributed by atoms with Crippen molar-refractivity contribution in [3.8, 4) is 0 Å². The Hall–Kier alpha value is -2.08. The Morgan fingerprint density at radius 2 is 1.90 bits per heavy atom. The highest BCUT2D eigenvalue weighted by molar-refractivity contribution is 5.69. The van der Waals surface area contributed by atoms with Crippen LogP contribution in [-0.2, 0) is 16.1 Å². The van der Waals surface area contributed by atoms with Gasteiger partial charge in [0.1, 0.15) is 6.61 Å². The number of aliphatic carboxylic acids is 1. The average molecular weight is 292 g/mol. The Morgan fingerprint density at radius 1 is 1.24 bits per heavy atom. The lowest BCUT2D eigenvalue weighted by atomic mass is 10.1. The molecule has 0 bridgehead atoms. The maximum absolute atomic E-state index is 11.7. The molecule has 0 atom stereocenters. The lowest BCUT2D eigenvalue weighted by molar-refractivity contribution is -0.138. The monoisotopic (exact) mass is 292 g/mol.